The number of benzene rings is 1. The van der Waals surface area contributed by atoms with Crippen molar-refractivity contribution in [3.63, 3.8) is 0 Å². The number of rotatable bonds is 6. The summed E-state index contributed by atoms with van der Waals surface area (Å²) in [5.41, 5.74) is 1.75. The Bertz CT molecular complexity index is 866. The van der Waals surface area contributed by atoms with Gasteiger partial charge in [0.05, 0.1) is 31.4 Å². The van der Waals surface area contributed by atoms with Crippen LogP contribution in [0.3, 0.4) is 0 Å². The van der Waals surface area contributed by atoms with Crippen LogP contribution in [0.5, 0.6) is 11.5 Å². The van der Waals surface area contributed by atoms with Crippen molar-refractivity contribution in [1.82, 2.24) is 19.7 Å². The van der Waals surface area contributed by atoms with Crippen LogP contribution >= 0.6 is 0 Å². The van der Waals surface area contributed by atoms with E-state index >= 15 is 0 Å². The van der Waals surface area contributed by atoms with Gasteiger partial charge in [0.15, 0.2) is 5.65 Å². The second-order valence-corrected chi connectivity index (χ2v) is 6.09. The topological polar surface area (TPSA) is 74.1 Å². The molecule has 0 amide bonds. The highest BCUT2D eigenvalue weighted by atomic mass is 16.5. The first kappa shape index (κ1) is 17.0. The van der Waals surface area contributed by atoms with Gasteiger partial charge in [0.25, 0.3) is 0 Å². The Morgan fingerprint density at radius 2 is 1.80 bits per heavy atom. The van der Waals surface area contributed by atoms with Crippen LogP contribution < -0.4 is 14.8 Å². The first-order valence-corrected chi connectivity index (χ1v) is 8.18. The molecule has 0 saturated heterocycles. The van der Waals surface area contributed by atoms with Gasteiger partial charge in [-0.1, -0.05) is 19.9 Å². The molecule has 0 atom stereocenters. The van der Waals surface area contributed by atoms with Crippen molar-refractivity contribution < 1.29 is 9.47 Å². The van der Waals surface area contributed by atoms with E-state index in [-0.39, 0.29) is 5.92 Å². The molecule has 3 aromatic rings. The summed E-state index contributed by atoms with van der Waals surface area (Å²) in [7, 11) is 5.19. The van der Waals surface area contributed by atoms with Gasteiger partial charge in [0, 0.05) is 19.5 Å². The zero-order valence-corrected chi connectivity index (χ0v) is 15.2. The molecule has 3 rings (SSSR count). The maximum atomic E-state index is 5.46. The van der Waals surface area contributed by atoms with E-state index in [1.54, 1.807) is 25.1 Å². The first-order valence-electron chi connectivity index (χ1n) is 8.18. The van der Waals surface area contributed by atoms with Crippen LogP contribution in [0, 0.1) is 0 Å². The molecule has 0 bridgehead atoms. The monoisotopic (exact) mass is 341 g/mol. The molecule has 2 heterocycles. The minimum Gasteiger partial charge on any atom is -0.496 e. The number of hydrogen-bond acceptors (Lipinski definition) is 6. The summed E-state index contributed by atoms with van der Waals surface area (Å²) in [6.45, 7) is 4.67. The molecule has 0 aliphatic rings. The molecule has 1 N–H and O–H groups in total. The van der Waals surface area contributed by atoms with Gasteiger partial charge >= 0.3 is 0 Å². The number of ether oxygens (including phenoxy) is 2. The number of hydrogen-bond donors (Lipinski definition) is 1. The molecule has 7 nitrogen and oxygen atoms in total. The van der Waals surface area contributed by atoms with Crippen molar-refractivity contribution in [2.75, 3.05) is 19.5 Å². The van der Waals surface area contributed by atoms with Crippen molar-refractivity contribution in [2.45, 2.75) is 26.3 Å². The van der Waals surface area contributed by atoms with Gasteiger partial charge in [-0.2, -0.15) is 5.10 Å². The largest absolute Gasteiger partial charge is 0.496 e. The second kappa shape index (κ2) is 6.96. The highest BCUT2D eigenvalue weighted by Gasteiger charge is 2.15. The van der Waals surface area contributed by atoms with E-state index in [1.807, 2.05) is 25.2 Å². The van der Waals surface area contributed by atoms with E-state index in [4.69, 9.17) is 9.47 Å². The SMILES string of the molecule is COc1cccc(OC)c1CNc1nc(C(C)C)nc2c1cnn2C. The lowest BCUT2D eigenvalue weighted by molar-refractivity contribution is 0.386. The fourth-order valence-electron chi connectivity index (χ4n) is 2.71. The van der Waals surface area contributed by atoms with E-state index in [2.05, 4.69) is 34.2 Å². The van der Waals surface area contributed by atoms with Gasteiger partial charge < -0.3 is 14.8 Å². The molecule has 0 saturated carbocycles. The molecule has 132 valence electrons. The van der Waals surface area contributed by atoms with E-state index in [0.717, 1.165) is 39.7 Å². The predicted octanol–water partition coefficient (Wildman–Crippen LogP) is 3.12. The number of anilines is 1. The molecule has 0 spiro atoms. The summed E-state index contributed by atoms with van der Waals surface area (Å²) in [4.78, 5) is 9.30. The predicted molar refractivity (Wildman–Crippen MR) is 97.3 cm³/mol. The van der Waals surface area contributed by atoms with Crippen molar-refractivity contribution >= 4 is 16.9 Å². The third-order valence-corrected chi connectivity index (χ3v) is 4.09. The molecular formula is C18H23N5O2. The standard InChI is InChI=1S/C18H23N5O2/c1-11(2)16-21-17(13-10-20-23(3)18(13)22-16)19-9-12-14(24-4)7-6-8-15(12)25-5/h6-8,10-11H,9H2,1-5H3,(H,19,21,22). The summed E-state index contributed by atoms with van der Waals surface area (Å²) in [6, 6.07) is 5.74. The van der Waals surface area contributed by atoms with Crippen LogP contribution in [-0.2, 0) is 13.6 Å². The fourth-order valence-corrected chi connectivity index (χ4v) is 2.71. The van der Waals surface area contributed by atoms with E-state index < -0.39 is 0 Å². The Balaban J connectivity index is 1.99. The Morgan fingerprint density at radius 3 is 2.40 bits per heavy atom. The van der Waals surface area contributed by atoms with Crippen LogP contribution in [0.25, 0.3) is 11.0 Å². The highest BCUT2D eigenvalue weighted by molar-refractivity contribution is 5.86. The molecule has 0 aliphatic carbocycles. The lowest BCUT2D eigenvalue weighted by Gasteiger charge is -2.15. The van der Waals surface area contributed by atoms with Crippen molar-refractivity contribution in [2.24, 2.45) is 7.05 Å². The van der Waals surface area contributed by atoms with Gasteiger partial charge in [0.1, 0.15) is 23.1 Å². The van der Waals surface area contributed by atoms with Gasteiger partial charge in [-0.3, -0.25) is 4.68 Å². The Hall–Kier alpha value is -2.83. The average molecular weight is 341 g/mol. The van der Waals surface area contributed by atoms with E-state index in [1.165, 1.54) is 0 Å². The zero-order valence-electron chi connectivity index (χ0n) is 15.2. The lowest BCUT2D eigenvalue weighted by atomic mass is 10.1. The van der Waals surface area contributed by atoms with Crippen LogP contribution in [0.1, 0.15) is 31.2 Å². The van der Waals surface area contributed by atoms with Gasteiger partial charge in [-0.25, -0.2) is 9.97 Å². The normalized spacial score (nSPS) is 11.1. The molecule has 1 aromatic carbocycles. The molecule has 25 heavy (non-hydrogen) atoms. The van der Waals surface area contributed by atoms with Crippen LogP contribution in [-0.4, -0.2) is 34.0 Å². The summed E-state index contributed by atoms with van der Waals surface area (Å²) in [5.74, 6) is 3.31. The maximum absolute atomic E-state index is 5.46. The average Bonchev–Trinajstić information content (AvgIpc) is 3.00. The molecule has 2 aromatic heterocycles. The van der Waals surface area contributed by atoms with Gasteiger partial charge in [-0.05, 0) is 12.1 Å². The third kappa shape index (κ3) is 3.22. The second-order valence-electron chi connectivity index (χ2n) is 6.09. The first-order chi connectivity index (χ1) is 12.0. The minimum absolute atomic E-state index is 0.223. The Labute approximate surface area is 147 Å². The van der Waals surface area contributed by atoms with E-state index in [0.29, 0.717) is 6.54 Å². The number of aryl methyl sites for hydroxylation is 1. The fraction of sp³-hybridized carbons (Fsp3) is 0.389. The minimum atomic E-state index is 0.223. The number of nitrogens with zero attached hydrogens (tertiary/aromatic N) is 4. The quantitative estimate of drug-likeness (QED) is 0.742. The van der Waals surface area contributed by atoms with Crippen molar-refractivity contribution in [3.8, 4) is 11.5 Å². The zero-order chi connectivity index (χ0) is 18.0. The van der Waals surface area contributed by atoms with E-state index in [9.17, 15) is 0 Å². The summed E-state index contributed by atoms with van der Waals surface area (Å²) < 4.78 is 12.7. The molecule has 0 aliphatic heterocycles. The number of aromatic nitrogens is 4. The molecule has 0 radical (unpaired) electrons. The summed E-state index contributed by atoms with van der Waals surface area (Å²) in [6.07, 6.45) is 1.78. The molecule has 7 heteroatoms. The Kier molecular flexibility index (Phi) is 4.74. The van der Waals surface area contributed by atoms with Crippen LogP contribution in [0.4, 0.5) is 5.82 Å². The number of methoxy groups -OCH3 is 2. The number of fused-ring (bicyclic) bond motifs is 1. The molecule has 0 unspecified atom stereocenters. The molecular weight excluding hydrogens is 318 g/mol. The third-order valence-electron chi connectivity index (χ3n) is 4.09. The lowest BCUT2D eigenvalue weighted by Crippen LogP contribution is -2.08. The van der Waals surface area contributed by atoms with Crippen molar-refractivity contribution in [1.29, 1.82) is 0 Å². The molecule has 0 fully saturated rings. The summed E-state index contributed by atoms with van der Waals surface area (Å²) >= 11 is 0. The highest BCUT2D eigenvalue weighted by Crippen LogP contribution is 2.30. The Morgan fingerprint density at radius 1 is 1.12 bits per heavy atom. The smallest absolute Gasteiger partial charge is 0.163 e. The van der Waals surface area contributed by atoms with Crippen molar-refractivity contribution in [3.05, 3.63) is 35.8 Å². The van der Waals surface area contributed by atoms with Crippen LogP contribution in [0.15, 0.2) is 24.4 Å². The summed E-state index contributed by atoms with van der Waals surface area (Å²) in [5, 5.41) is 8.59. The van der Waals surface area contributed by atoms with Crippen LogP contribution in [0.2, 0.25) is 0 Å². The number of nitrogens with one attached hydrogen (secondary N) is 1. The van der Waals surface area contributed by atoms with Gasteiger partial charge in [-0.15, -0.1) is 0 Å². The van der Waals surface area contributed by atoms with Gasteiger partial charge in [0.2, 0.25) is 0 Å². The maximum Gasteiger partial charge on any atom is 0.163 e.